The van der Waals surface area contributed by atoms with Crippen molar-refractivity contribution in [2.45, 2.75) is 33.1 Å². The van der Waals surface area contributed by atoms with Gasteiger partial charge in [0.25, 0.3) is 0 Å². The van der Waals surface area contributed by atoms with Crippen molar-refractivity contribution in [2.24, 2.45) is 0 Å². The van der Waals surface area contributed by atoms with E-state index in [2.05, 4.69) is 24.0 Å². The molecule has 0 amide bonds. The molecule has 0 aliphatic heterocycles. The Kier molecular flexibility index (Phi) is 5.29. The first-order chi connectivity index (χ1) is 12.2. The summed E-state index contributed by atoms with van der Waals surface area (Å²) < 4.78 is 10.6. The van der Waals surface area contributed by atoms with Crippen LogP contribution in [-0.2, 0) is 11.2 Å². The van der Waals surface area contributed by atoms with Crippen molar-refractivity contribution in [1.29, 1.82) is 0 Å². The summed E-state index contributed by atoms with van der Waals surface area (Å²) in [5, 5.41) is 0. The molecule has 0 fully saturated rings. The van der Waals surface area contributed by atoms with Crippen molar-refractivity contribution in [3.63, 3.8) is 0 Å². The van der Waals surface area contributed by atoms with Crippen molar-refractivity contribution in [3.8, 4) is 28.1 Å². The van der Waals surface area contributed by atoms with Crippen LogP contribution in [0.1, 0.15) is 32.6 Å². The molecule has 1 aromatic heterocycles. The third-order valence-electron chi connectivity index (χ3n) is 3.93. The van der Waals surface area contributed by atoms with E-state index in [9.17, 15) is 4.79 Å². The number of aromatic nitrogens is 1. The topological polar surface area (TPSA) is 52.3 Å². The summed E-state index contributed by atoms with van der Waals surface area (Å²) in [4.78, 5) is 15.5. The lowest BCUT2D eigenvalue weighted by Gasteiger charge is -2.05. The minimum absolute atomic E-state index is 0.317. The summed E-state index contributed by atoms with van der Waals surface area (Å²) in [7, 11) is 0. The van der Waals surface area contributed by atoms with Gasteiger partial charge in [-0.15, -0.1) is 0 Å². The summed E-state index contributed by atoms with van der Waals surface area (Å²) in [6, 6.07) is 15.6. The summed E-state index contributed by atoms with van der Waals surface area (Å²) in [6.45, 7) is 3.55. The molecule has 4 nitrogen and oxygen atoms in total. The molecule has 3 rings (SSSR count). The zero-order chi connectivity index (χ0) is 17.6. The predicted octanol–water partition coefficient (Wildman–Crippen LogP) is 5.28. The Morgan fingerprint density at radius 2 is 1.60 bits per heavy atom. The zero-order valence-electron chi connectivity index (χ0n) is 14.5. The first kappa shape index (κ1) is 17.0. The van der Waals surface area contributed by atoms with E-state index >= 15 is 0 Å². The number of oxazole rings is 1. The molecular formula is C21H21NO3. The summed E-state index contributed by atoms with van der Waals surface area (Å²) in [5.41, 5.74) is 4.05. The molecule has 0 N–H and O–H groups in total. The summed E-state index contributed by atoms with van der Waals surface area (Å²) >= 11 is 0. The van der Waals surface area contributed by atoms with E-state index in [1.807, 2.05) is 24.3 Å². The minimum Gasteiger partial charge on any atom is -0.448 e. The van der Waals surface area contributed by atoms with Gasteiger partial charge in [0, 0.05) is 18.9 Å². The molecule has 25 heavy (non-hydrogen) atoms. The third kappa shape index (κ3) is 4.35. The highest BCUT2D eigenvalue weighted by atomic mass is 16.5. The van der Waals surface area contributed by atoms with E-state index in [1.54, 1.807) is 18.4 Å². The molecule has 0 atom stereocenters. The molecule has 0 spiro atoms. The van der Waals surface area contributed by atoms with Crippen LogP contribution in [0.25, 0.3) is 22.4 Å². The van der Waals surface area contributed by atoms with Gasteiger partial charge in [0.05, 0.1) is 0 Å². The monoisotopic (exact) mass is 335 g/mol. The van der Waals surface area contributed by atoms with E-state index in [1.165, 1.54) is 6.92 Å². The van der Waals surface area contributed by atoms with Gasteiger partial charge in [-0.2, -0.15) is 0 Å². The molecular weight excluding hydrogens is 314 g/mol. The molecule has 0 saturated carbocycles. The molecule has 0 bridgehead atoms. The minimum atomic E-state index is -0.317. The zero-order valence-corrected chi connectivity index (χ0v) is 14.5. The third-order valence-corrected chi connectivity index (χ3v) is 3.93. The van der Waals surface area contributed by atoms with E-state index in [0.717, 1.165) is 47.5 Å². The van der Waals surface area contributed by atoms with E-state index in [4.69, 9.17) is 9.15 Å². The van der Waals surface area contributed by atoms with Gasteiger partial charge in [-0.1, -0.05) is 49.7 Å². The largest absolute Gasteiger partial charge is 0.448 e. The number of benzene rings is 2. The van der Waals surface area contributed by atoms with Gasteiger partial charge in [0.15, 0.2) is 5.89 Å². The average molecular weight is 335 g/mol. The normalized spacial score (nSPS) is 10.6. The fraction of sp³-hybridized carbons (Fsp3) is 0.238. The van der Waals surface area contributed by atoms with Gasteiger partial charge >= 0.3 is 5.97 Å². The van der Waals surface area contributed by atoms with Crippen molar-refractivity contribution < 1.29 is 13.9 Å². The van der Waals surface area contributed by atoms with Crippen LogP contribution in [0, 0.1) is 0 Å². The van der Waals surface area contributed by atoms with Gasteiger partial charge in [0.1, 0.15) is 17.7 Å². The number of carbonyl (C=O) groups is 1. The lowest BCUT2D eigenvalue weighted by Crippen LogP contribution is -2.00. The molecule has 0 radical (unpaired) electrons. The van der Waals surface area contributed by atoms with Crippen LogP contribution in [0.2, 0.25) is 0 Å². The number of ether oxygens (including phenoxy) is 1. The molecule has 0 aliphatic carbocycles. The first-order valence-corrected chi connectivity index (χ1v) is 8.49. The van der Waals surface area contributed by atoms with Crippen LogP contribution in [0.5, 0.6) is 5.75 Å². The SMILES string of the molecule is CCCCc1nc(-c2ccc(-c3ccc(OC(C)=O)cc3)cc2)co1. The van der Waals surface area contributed by atoms with Crippen molar-refractivity contribution in [2.75, 3.05) is 0 Å². The van der Waals surface area contributed by atoms with Crippen LogP contribution in [0.3, 0.4) is 0 Å². The van der Waals surface area contributed by atoms with Gasteiger partial charge < -0.3 is 9.15 Å². The maximum absolute atomic E-state index is 11.0. The van der Waals surface area contributed by atoms with Crippen LogP contribution >= 0.6 is 0 Å². The molecule has 3 aromatic rings. The van der Waals surface area contributed by atoms with Crippen LogP contribution in [-0.4, -0.2) is 11.0 Å². The first-order valence-electron chi connectivity index (χ1n) is 8.49. The number of hydrogen-bond acceptors (Lipinski definition) is 4. The fourth-order valence-electron chi connectivity index (χ4n) is 2.60. The van der Waals surface area contributed by atoms with Gasteiger partial charge in [-0.05, 0) is 29.7 Å². The number of esters is 1. The summed E-state index contributed by atoms with van der Waals surface area (Å²) in [5.74, 6) is 1.03. The second kappa shape index (κ2) is 7.79. The molecule has 0 saturated heterocycles. The number of unbranched alkanes of at least 4 members (excludes halogenated alkanes) is 1. The van der Waals surface area contributed by atoms with Crippen LogP contribution in [0.15, 0.2) is 59.2 Å². The molecule has 0 unspecified atom stereocenters. The molecule has 128 valence electrons. The van der Waals surface area contributed by atoms with Gasteiger partial charge in [0.2, 0.25) is 0 Å². The average Bonchev–Trinajstić information content (AvgIpc) is 3.09. The molecule has 0 aliphatic rings. The Balaban J connectivity index is 1.73. The number of hydrogen-bond donors (Lipinski definition) is 0. The lowest BCUT2D eigenvalue weighted by molar-refractivity contribution is -0.131. The smallest absolute Gasteiger partial charge is 0.308 e. The van der Waals surface area contributed by atoms with Gasteiger partial charge in [-0.3, -0.25) is 4.79 Å². The molecule has 1 heterocycles. The van der Waals surface area contributed by atoms with E-state index in [0.29, 0.717) is 5.75 Å². The van der Waals surface area contributed by atoms with E-state index in [-0.39, 0.29) is 5.97 Å². The second-order valence-corrected chi connectivity index (χ2v) is 5.93. The Morgan fingerprint density at radius 3 is 2.20 bits per heavy atom. The maximum Gasteiger partial charge on any atom is 0.308 e. The Bertz CT molecular complexity index is 832. The highest BCUT2D eigenvalue weighted by molar-refractivity contribution is 5.71. The highest BCUT2D eigenvalue weighted by Crippen LogP contribution is 2.26. The van der Waals surface area contributed by atoms with Crippen LogP contribution < -0.4 is 4.74 Å². The van der Waals surface area contributed by atoms with Crippen molar-refractivity contribution in [1.82, 2.24) is 4.98 Å². The molecule has 4 heteroatoms. The number of aryl methyl sites for hydroxylation is 1. The quantitative estimate of drug-likeness (QED) is 0.454. The van der Waals surface area contributed by atoms with Crippen molar-refractivity contribution >= 4 is 5.97 Å². The van der Waals surface area contributed by atoms with E-state index < -0.39 is 0 Å². The Hall–Kier alpha value is -2.88. The fourth-order valence-corrected chi connectivity index (χ4v) is 2.60. The number of nitrogens with zero attached hydrogens (tertiary/aromatic N) is 1. The number of rotatable bonds is 6. The van der Waals surface area contributed by atoms with Gasteiger partial charge in [-0.25, -0.2) is 4.98 Å². The lowest BCUT2D eigenvalue weighted by atomic mass is 10.0. The van der Waals surface area contributed by atoms with Crippen LogP contribution in [0.4, 0.5) is 0 Å². The highest BCUT2D eigenvalue weighted by Gasteiger charge is 2.07. The Morgan fingerprint density at radius 1 is 1.00 bits per heavy atom. The Labute approximate surface area is 147 Å². The summed E-state index contributed by atoms with van der Waals surface area (Å²) in [6.07, 6.45) is 4.81. The molecule has 2 aromatic carbocycles. The van der Waals surface area contributed by atoms with Crippen molar-refractivity contribution in [3.05, 3.63) is 60.7 Å². The standard InChI is InChI=1S/C21H21NO3/c1-3-4-5-21-22-20(14-24-21)18-8-6-16(7-9-18)17-10-12-19(13-11-17)25-15(2)23/h6-14H,3-5H2,1-2H3. The number of carbonyl (C=O) groups excluding carboxylic acids is 1. The maximum atomic E-state index is 11.0. The predicted molar refractivity (Wildman–Crippen MR) is 97.3 cm³/mol. The second-order valence-electron chi connectivity index (χ2n) is 5.93.